The van der Waals surface area contributed by atoms with Crippen LogP contribution in [0, 0.1) is 0 Å². The number of amides is 4. The van der Waals surface area contributed by atoms with Gasteiger partial charge in [0.05, 0.1) is 6.54 Å². The van der Waals surface area contributed by atoms with Gasteiger partial charge in [0, 0.05) is 37.5 Å². The number of imide groups is 1. The van der Waals surface area contributed by atoms with Crippen molar-refractivity contribution in [2.75, 3.05) is 19.6 Å². The van der Waals surface area contributed by atoms with Crippen molar-refractivity contribution in [1.82, 2.24) is 10.2 Å². The molecule has 0 spiro atoms. The van der Waals surface area contributed by atoms with Gasteiger partial charge in [-0.3, -0.25) is 0 Å². The van der Waals surface area contributed by atoms with Crippen LogP contribution in [0.25, 0.3) is 0 Å². The maximum Gasteiger partial charge on any atom is 0.424 e. The van der Waals surface area contributed by atoms with Crippen LogP contribution in [-0.2, 0) is 23.4 Å². The predicted molar refractivity (Wildman–Crippen MR) is 138 cm³/mol. The summed E-state index contributed by atoms with van der Waals surface area (Å²) in [7, 11) is 0. The van der Waals surface area contributed by atoms with Gasteiger partial charge in [0.15, 0.2) is 0 Å². The molecule has 0 aromatic heterocycles. The van der Waals surface area contributed by atoms with Crippen molar-refractivity contribution in [3.63, 3.8) is 0 Å². The van der Waals surface area contributed by atoms with E-state index >= 15 is 0 Å². The highest BCUT2D eigenvalue weighted by Crippen LogP contribution is 2.35. The first-order chi connectivity index (χ1) is 17.0. The molecule has 2 aromatic carbocycles. The Morgan fingerprint density at radius 2 is 1.86 bits per heavy atom. The second-order valence-electron chi connectivity index (χ2n) is 9.51. The quantitative estimate of drug-likeness (QED) is 0.447. The summed E-state index contributed by atoms with van der Waals surface area (Å²) in [5, 5.41) is 24.0. The summed E-state index contributed by atoms with van der Waals surface area (Å²) in [6.07, 6.45) is 0.852. The first kappa shape index (κ1) is 27.6. The number of urea groups is 1. The van der Waals surface area contributed by atoms with Gasteiger partial charge in [0.25, 0.3) is 0 Å². The molecule has 1 heterocycles. The lowest BCUT2D eigenvalue weighted by Gasteiger charge is -2.37. The van der Waals surface area contributed by atoms with E-state index < -0.39 is 28.1 Å². The summed E-state index contributed by atoms with van der Waals surface area (Å²) in [6.45, 7) is 6.20. The van der Waals surface area contributed by atoms with Crippen molar-refractivity contribution < 1.29 is 29.1 Å². The lowest BCUT2D eigenvalue weighted by molar-refractivity contribution is -0.789. The fourth-order valence-corrected chi connectivity index (χ4v) is 5.20. The van der Waals surface area contributed by atoms with Gasteiger partial charge in [-0.15, -0.1) is 0 Å². The molecule has 1 saturated heterocycles. The van der Waals surface area contributed by atoms with Gasteiger partial charge in [-0.25, -0.2) is 14.4 Å². The molecule has 0 saturated carbocycles. The first-order valence-electron chi connectivity index (χ1n) is 12.3. The average molecular weight is 517 g/mol. The molecular formula is C27H35ClN3O5+. The van der Waals surface area contributed by atoms with Gasteiger partial charge in [0.1, 0.15) is 6.04 Å². The van der Waals surface area contributed by atoms with Crippen molar-refractivity contribution in [2.45, 2.75) is 58.2 Å². The number of nitrogens with one attached hydrogen (secondary N) is 1. The number of aliphatic hydroxyl groups is 1. The number of likely N-dealkylation sites (N-methyl/N-ethyl adjacent to an activating group) is 1. The summed E-state index contributed by atoms with van der Waals surface area (Å²) in [5.74, 6) is -0.553. The molecule has 36 heavy (non-hydrogen) atoms. The molecule has 3 N–H and O–H groups in total. The van der Waals surface area contributed by atoms with Crippen molar-refractivity contribution in [3.8, 4) is 0 Å². The number of halogens is 1. The van der Waals surface area contributed by atoms with Crippen LogP contribution in [0.15, 0.2) is 48.5 Å². The summed E-state index contributed by atoms with van der Waals surface area (Å²) in [4.78, 5) is 40.2. The van der Waals surface area contributed by atoms with Crippen LogP contribution in [-0.4, -0.2) is 63.3 Å². The van der Waals surface area contributed by atoms with Gasteiger partial charge in [-0.2, -0.15) is 4.48 Å². The zero-order chi connectivity index (χ0) is 26.5. The van der Waals surface area contributed by atoms with Gasteiger partial charge in [0.2, 0.25) is 5.60 Å². The van der Waals surface area contributed by atoms with Crippen molar-refractivity contribution in [3.05, 3.63) is 70.2 Å². The van der Waals surface area contributed by atoms with E-state index in [1.54, 1.807) is 49.4 Å². The van der Waals surface area contributed by atoms with Crippen LogP contribution in [0.5, 0.6) is 0 Å². The summed E-state index contributed by atoms with van der Waals surface area (Å²) >= 11 is 6.22. The third-order valence-corrected chi connectivity index (χ3v) is 7.50. The van der Waals surface area contributed by atoms with E-state index in [0.717, 1.165) is 11.1 Å². The number of quaternary nitrogens is 1. The number of carbonyl (C=O) groups excluding carboxylic acids is 2. The monoisotopic (exact) mass is 516 g/mol. The van der Waals surface area contributed by atoms with Gasteiger partial charge in [-0.1, -0.05) is 48.0 Å². The SMILES string of the molecule is CCN(CCc1ccc(Cl)cc1CNC(=O)[N+]1(C(=O)[C@](C)(O)c2ccccc2)CCC[C@H]1C)C(=O)O. The fraction of sp³-hybridized carbons (Fsp3) is 0.444. The number of rotatable bonds is 8. The third-order valence-electron chi connectivity index (χ3n) is 7.26. The van der Waals surface area contributed by atoms with E-state index in [1.807, 2.05) is 13.0 Å². The van der Waals surface area contributed by atoms with Crippen LogP contribution in [0.1, 0.15) is 50.3 Å². The molecule has 9 heteroatoms. The minimum Gasteiger partial charge on any atom is -0.465 e. The number of carbonyl (C=O) groups is 3. The summed E-state index contributed by atoms with van der Waals surface area (Å²) in [6, 6.07) is 13.2. The van der Waals surface area contributed by atoms with Crippen molar-refractivity contribution in [1.29, 1.82) is 0 Å². The Labute approximate surface area is 217 Å². The van der Waals surface area contributed by atoms with E-state index in [4.69, 9.17) is 11.6 Å². The zero-order valence-corrected chi connectivity index (χ0v) is 21.8. The first-order valence-corrected chi connectivity index (χ1v) is 12.7. The van der Waals surface area contributed by atoms with E-state index in [9.17, 15) is 24.6 Å². The Hall–Kier alpha value is -2.94. The predicted octanol–water partition coefficient (Wildman–Crippen LogP) is 4.53. The molecule has 0 radical (unpaired) electrons. The number of hydrogen-bond acceptors (Lipinski definition) is 4. The standard InChI is InChI=1S/C27H34ClN3O5/c1-4-30(26(34)35)15-14-20-12-13-23(28)17-21(20)18-29-25(33)31(16-8-9-19(31)2)24(32)27(3,36)22-10-6-5-7-11-22/h5-7,10-13,17,19,36H,4,8-9,14-16,18H2,1-3H3,(H-,29,33,34,35)/p+1/t19-,27-,31?/m1/s1. The van der Waals surface area contributed by atoms with E-state index in [0.29, 0.717) is 49.5 Å². The van der Waals surface area contributed by atoms with Gasteiger partial charge >= 0.3 is 18.0 Å². The van der Waals surface area contributed by atoms with Gasteiger partial charge < -0.3 is 20.4 Å². The molecule has 2 aromatic rings. The third kappa shape index (κ3) is 5.56. The summed E-state index contributed by atoms with van der Waals surface area (Å²) < 4.78 is -0.486. The minimum atomic E-state index is -1.83. The number of nitrogens with zero attached hydrogens (tertiary/aromatic N) is 2. The molecule has 1 aliphatic rings. The molecular weight excluding hydrogens is 482 g/mol. The number of carboxylic acid groups (broad SMARTS) is 1. The maximum absolute atomic E-state index is 13.8. The highest BCUT2D eigenvalue weighted by atomic mass is 35.5. The topological polar surface area (TPSA) is 107 Å². The summed E-state index contributed by atoms with van der Waals surface area (Å²) in [5.41, 5.74) is 0.224. The Bertz CT molecular complexity index is 1110. The zero-order valence-electron chi connectivity index (χ0n) is 21.0. The molecule has 0 aliphatic carbocycles. The highest BCUT2D eigenvalue weighted by molar-refractivity contribution is 6.30. The van der Waals surface area contributed by atoms with Crippen LogP contribution in [0.4, 0.5) is 9.59 Å². The molecule has 3 atom stereocenters. The number of hydrogen-bond donors (Lipinski definition) is 3. The normalized spacial score (nSPS) is 21.0. The van der Waals surface area contributed by atoms with E-state index in [1.165, 1.54) is 11.8 Å². The molecule has 0 bridgehead atoms. The Kier molecular flexibility index (Phi) is 8.76. The molecule has 8 nitrogen and oxygen atoms in total. The molecule has 1 fully saturated rings. The maximum atomic E-state index is 13.8. The lowest BCUT2D eigenvalue weighted by Crippen LogP contribution is -2.67. The van der Waals surface area contributed by atoms with E-state index in [2.05, 4.69) is 5.32 Å². The highest BCUT2D eigenvalue weighted by Gasteiger charge is 2.58. The van der Waals surface area contributed by atoms with Crippen molar-refractivity contribution >= 4 is 29.6 Å². The average Bonchev–Trinajstić information content (AvgIpc) is 3.25. The van der Waals surface area contributed by atoms with Crippen molar-refractivity contribution in [2.24, 2.45) is 0 Å². The molecule has 3 rings (SSSR count). The minimum absolute atomic E-state index is 0.126. The fourth-order valence-electron chi connectivity index (χ4n) is 5.01. The molecule has 1 aliphatic heterocycles. The second kappa shape index (κ2) is 11.4. The van der Waals surface area contributed by atoms with Crippen LogP contribution in [0.3, 0.4) is 0 Å². The smallest absolute Gasteiger partial charge is 0.424 e. The molecule has 4 amide bonds. The Morgan fingerprint density at radius 1 is 1.17 bits per heavy atom. The Morgan fingerprint density at radius 3 is 2.44 bits per heavy atom. The number of likely N-dealkylation sites (tertiary alicyclic amines) is 1. The number of benzene rings is 2. The van der Waals surface area contributed by atoms with Crippen LogP contribution < -0.4 is 5.32 Å². The van der Waals surface area contributed by atoms with Crippen LogP contribution >= 0.6 is 11.6 Å². The van der Waals surface area contributed by atoms with Crippen LogP contribution in [0.2, 0.25) is 5.02 Å². The largest absolute Gasteiger partial charge is 0.465 e. The molecule has 1 unspecified atom stereocenters. The second-order valence-corrected chi connectivity index (χ2v) is 9.95. The Balaban J connectivity index is 1.83. The van der Waals surface area contributed by atoms with E-state index in [-0.39, 0.29) is 12.6 Å². The van der Waals surface area contributed by atoms with Gasteiger partial charge in [-0.05, 0) is 56.0 Å². The molecule has 194 valence electrons. The lowest BCUT2D eigenvalue weighted by atomic mass is 9.93.